The van der Waals surface area contributed by atoms with Crippen LogP contribution in [0, 0.1) is 17.3 Å². The number of piperazine rings is 1. The molecule has 2 heterocycles. The number of urea groups is 1. The molecule has 64 heavy (non-hydrogen) atoms. The number of benzene rings is 2. The Kier molecular flexibility index (Phi) is 14.0. The van der Waals surface area contributed by atoms with Crippen LogP contribution in [0.3, 0.4) is 0 Å². The summed E-state index contributed by atoms with van der Waals surface area (Å²) in [6.07, 6.45) is 0.900. The van der Waals surface area contributed by atoms with E-state index in [9.17, 15) is 28.8 Å². The zero-order valence-electron chi connectivity index (χ0n) is 39.0. The van der Waals surface area contributed by atoms with Crippen molar-refractivity contribution in [3.8, 4) is 11.5 Å². The van der Waals surface area contributed by atoms with Crippen molar-refractivity contribution >= 4 is 42.9 Å². The van der Waals surface area contributed by atoms with Crippen molar-refractivity contribution in [2.24, 2.45) is 17.3 Å². The maximum absolute atomic E-state index is 14.8. The molecule has 6 amide bonds. The van der Waals surface area contributed by atoms with Crippen LogP contribution < -0.4 is 25.4 Å². The van der Waals surface area contributed by atoms with Gasteiger partial charge in [0, 0.05) is 19.6 Å². The number of methoxy groups -OCH3 is 1. The molecule has 3 N–H and O–H groups in total. The molecule has 18 heteroatoms. The Morgan fingerprint density at radius 2 is 1.59 bits per heavy atom. The first-order valence-electron chi connectivity index (χ1n) is 22.1. The maximum atomic E-state index is 14.8. The van der Waals surface area contributed by atoms with Crippen molar-refractivity contribution in [1.82, 2.24) is 25.8 Å². The van der Waals surface area contributed by atoms with Gasteiger partial charge in [-0.1, -0.05) is 50.2 Å². The number of carbonyl (C=O) groups excluding carboxylic acids is 6. The number of amides is 6. The highest BCUT2D eigenvalue weighted by Gasteiger charge is 2.68. The summed E-state index contributed by atoms with van der Waals surface area (Å²) in [5.74, 6) is -3.19. The third-order valence-electron chi connectivity index (χ3n) is 12.7. The number of ether oxygens (including phenoxy) is 4. The predicted octanol–water partition coefficient (Wildman–Crippen LogP) is 4.99. The zero-order chi connectivity index (χ0) is 46.9. The van der Waals surface area contributed by atoms with Crippen LogP contribution in [-0.4, -0.2) is 121 Å². The van der Waals surface area contributed by atoms with Crippen LogP contribution in [-0.2, 0) is 39.6 Å². The second-order valence-corrected chi connectivity index (χ2v) is 19.7. The highest BCUT2D eigenvalue weighted by molar-refractivity contribution is 6.48. The molecule has 2 unspecified atom stereocenters. The van der Waals surface area contributed by atoms with Gasteiger partial charge < -0.3 is 49.1 Å². The topological polar surface area (TPSA) is 200 Å². The molecule has 2 aromatic rings. The molecule has 2 aliphatic heterocycles. The molecule has 0 radical (unpaired) electrons. The van der Waals surface area contributed by atoms with Gasteiger partial charge in [-0.2, -0.15) is 0 Å². The summed E-state index contributed by atoms with van der Waals surface area (Å²) in [7, 11) is 0.432. The first-order chi connectivity index (χ1) is 30.0. The van der Waals surface area contributed by atoms with Crippen LogP contribution in [0.4, 0.5) is 9.59 Å². The number of nitrogens with one attached hydrogen (secondary N) is 3. The van der Waals surface area contributed by atoms with Gasteiger partial charge >= 0.3 is 37.0 Å². The first-order valence-corrected chi connectivity index (χ1v) is 22.1. The smallest absolute Gasteiger partial charge is 0.482 e. The standard InChI is InChI=1S/C46H64BN5O12/c1-12-51-21-22-52(39(55)38(51)54)41(57)50-35(27-16-14-13-15-17-27)37(53)49-33(47-63-32-26-29-25-31(45(29,8)9)46(32,10)64-47)24-28-18-19-30(60-23-20-48-42(58)62-44(5,6)7)34(36(28)59-11)40(56)61-43(2,3)4/h13-19,29,31-33,35H,12,20-26H2,1-11H3,(H,48,58)(H,49,53)(H,50,57)/t29-,31-,32+,33?,35?,46-/m0/s1. The molecule has 2 aromatic carbocycles. The van der Waals surface area contributed by atoms with E-state index >= 15 is 0 Å². The molecule has 3 saturated carbocycles. The van der Waals surface area contributed by atoms with Gasteiger partial charge in [-0.25, -0.2) is 14.4 Å². The average Bonchev–Trinajstić information content (AvgIpc) is 3.58. The number of carbonyl (C=O) groups is 6. The van der Waals surface area contributed by atoms with Crippen LogP contribution in [0.2, 0.25) is 0 Å². The highest BCUT2D eigenvalue weighted by atomic mass is 16.7. The van der Waals surface area contributed by atoms with Crippen molar-refractivity contribution in [3.63, 3.8) is 0 Å². The minimum atomic E-state index is -1.32. The molecule has 5 fully saturated rings. The SMILES string of the molecule is CCN1CCN(C(=O)NC(C(=O)NC(Cc2ccc(OCCNC(=O)OC(C)(C)C)c(C(=O)OC(C)(C)C)c2OC)B2O[C@@H]3C[C@@H]4C[C@@H](C4(C)C)[C@]3(C)O2)c2ccccc2)C(=O)C1=O. The Labute approximate surface area is 376 Å². The molecule has 17 nitrogen and oxygen atoms in total. The Morgan fingerprint density at radius 3 is 2.22 bits per heavy atom. The van der Waals surface area contributed by atoms with E-state index in [4.69, 9.17) is 28.3 Å². The second kappa shape index (κ2) is 18.6. The number of imide groups is 1. The Bertz CT molecular complexity index is 2110. The molecule has 7 rings (SSSR count). The van der Waals surface area contributed by atoms with Crippen LogP contribution in [0.1, 0.15) is 110 Å². The van der Waals surface area contributed by atoms with E-state index < -0.39 is 71.7 Å². The molecule has 0 spiro atoms. The summed E-state index contributed by atoms with van der Waals surface area (Å²) in [5.41, 5.74) is -1.34. The molecular formula is C46H64BN5O12. The minimum Gasteiger partial charge on any atom is -0.495 e. The van der Waals surface area contributed by atoms with E-state index in [0.717, 1.165) is 17.7 Å². The van der Waals surface area contributed by atoms with Crippen LogP contribution in [0.25, 0.3) is 0 Å². The third-order valence-corrected chi connectivity index (χ3v) is 12.7. The van der Waals surface area contributed by atoms with E-state index in [-0.39, 0.29) is 67.2 Å². The monoisotopic (exact) mass is 889 g/mol. The summed E-state index contributed by atoms with van der Waals surface area (Å²) < 4.78 is 36.9. The van der Waals surface area contributed by atoms with Crippen LogP contribution in [0.15, 0.2) is 42.5 Å². The van der Waals surface area contributed by atoms with E-state index in [1.54, 1.807) is 90.9 Å². The van der Waals surface area contributed by atoms with Crippen LogP contribution >= 0.6 is 0 Å². The number of likely N-dealkylation sites (N-methyl/N-ethyl adjacent to an activating group) is 1. The summed E-state index contributed by atoms with van der Waals surface area (Å²) >= 11 is 0. The van der Waals surface area contributed by atoms with Crippen molar-refractivity contribution < 1.29 is 57.0 Å². The summed E-state index contributed by atoms with van der Waals surface area (Å²) in [6.45, 7) is 19.2. The first kappa shape index (κ1) is 48.1. The Morgan fingerprint density at radius 1 is 0.906 bits per heavy atom. The summed E-state index contributed by atoms with van der Waals surface area (Å²) in [4.78, 5) is 82.8. The van der Waals surface area contributed by atoms with E-state index in [0.29, 0.717) is 23.6 Å². The fourth-order valence-electron chi connectivity index (χ4n) is 9.38. The third kappa shape index (κ3) is 10.3. The Balaban J connectivity index is 1.33. The number of hydrogen-bond donors (Lipinski definition) is 3. The second-order valence-electron chi connectivity index (χ2n) is 19.7. The lowest BCUT2D eigenvalue weighted by molar-refractivity contribution is -0.199. The highest BCUT2D eigenvalue weighted by Crippen LogP contribution is 2.65. The van der Waals surface area contributed by atoms with Gasteiger partial charge in [0.1, 0.15) is 40.9 Å². The fraction of sp³-hybridized carbons (Fsp3) is 0.609. The van der Waals surface area contributed by atoms with Crippen molar-refractivity contribution in [2.45, 2.75) is 123 Å². The van der Waals surface area contributed by atoms with E-state index in [1.165, 1.54) is 12.0 Å². The van der Waals surface area contributed by atoms with E-state index in [2.05, 4.69) is 36.7 Å². The lowest BCUT2D eigenvalue weighted by Gasteiger charge is -2.64. The van der Waals surface area contributed by atoms with Gasteiger partial charge in [0.15, 0.2) is 0 Å². The van der Waals surface area contributed by atoms with Gasteiger partial charge in [0.05, 0.1) is 31.3 Å². The molecule has 3 aliphatic carbocycles. The average molecular weight is 890 g/mol. The molecule has 2 bridgehead atoms. The molecule has 348 valence electrons. The number of nitrogens with zero attached hydrogens (tertiary/aromatic N) is 2. The lowest BCUT2D eigenvalue weighted by atomic mass is 9.43. The Hall–Kier alpha value is -5.36. The maximum Gasteiger partial charge on any atom is 0.482 e. The number of alkyl carbamates (subject to hydrolysis) is 1. The fourth-order valence-corrected chi connectivity index (χ4v) is 9.38. The molecule has 6 atom stereocenters. The van der Waals surface area contributed by atoms with Gasteiger partial charge in [-0.05, 0) is 109 Å². The summed E-state index contributed by atoms with van der Waals surface area (Å²) in [6, 6.07) is 9.64. The van der Waals surface area contributed by atoms with Crippen LogP contribution in [0.5, 0.6) is 11.5 Å². The van der Waals surface area contributed by atoms with E-state index in [1.807, 2.05) is 0 Å². The number of esters is 1. The minimum absolute atomic E-state index is 0.00876. The number of hydrogen-bond acceptors (Lipinski definition) is 12. The van der Waals surface area contributed by atoms with Gasteiger partial charge in [-0.3, -0.25) is 19.3 Å². The van der Waals surface area contributed by atoms with Gasteiger partial charge in [0.25, 0.3) is 0 Å². The predicted molar refractivity (Wildman–Crippen MR) is 235 cm³/mol. The van der Waals surface area contributed by atoms with Crippen molar-refractivity contribution in [3.05, 3.63) is 59.2 Å². The van der Waals surface area contributed by atoms with Crippen molar-refractivity contribution in [2.75, 3.05) is 39.9 Å². The normalized spacial score (nSPS) is 23.5. The van der Waals surface area contributed by atoms with Crippen molar-refractivity contribution in [1.29, 1.82) is 0 Å². The summed E-state index contributed by atoms with van der Waals surface area (Å²) in [5, 5.41) is 8.46. The zero-order valence-corrected chi connectivity index (χ0v) is 39.0. The largest absolute Gasteiger partial charge is 0.495 e. The molecule has 0 aromatic heterocycles. The number of rotatable bonds is 14. The van der Waals surface area contributed by atoms with Gasteiger partial charge in [0.2, 0.25) is 5.91 Å². The van der Waals surface area contributed by atoms with Gasteiger partial charge in [-0.15, -0.1) is 0 Å². The lowest BCUT2D eigenvalue weighted by Crippen LogP contribution is -2.65. The molecule has 5 aliphatic rings. The molecule has 2 saturated heterocycles. The molecular weight excluding hydrogens is 825 g/mol. The quantitative estimate of drug-likeness (QED) is 0.0996.